The van der Waals surface area contributed by atoms with Crippen molar-refractivity contribution in [1.82, 2.24) is 10.2 Å². The van der Waals surface area contributed by atoms with Gasteiger partial charge < -0.3 is 15.5 Å². The van der Waals surface area contributed by atoms with Crippen LogP contribution in [0.5, 0.6) is 0 Å². The van der Waals surface area contributed by atoms with Gasteiger partial charge in [-0.1, -0.05) is 26.7 Å². The summed E-state index contributed by atoms with van der Waals surface area (Å²) in [6.07, 6.45) is 2.66. The van der Waals surface area contributed by atoms with E-state index in [1.54, 1.807) is 0 Å². The minimum atomic E-state index is -0.982. The third kappa shape index (κ3) is 6.44. The smallest absolute Gasteiger partial charge is 0.321 e. The molecule has 3 atom stereocenters. The minimum Gasteiger partial charge on any atom is -0.480 e. The molecule has 0 aromatic carbocycles. The van der Waals surface area contributed by atoms with Crippen LogP contribution in [-0.4, -0.2) is 58.3 Å². The van der Waals surface area contributed by atoms with Crippen molar-refractivity contribution in [2.24, 2.45) is 5.92 Å². The Hall–Kier alpha value is -1.14. The molecule has 3 N–H and O–H groups in total. The molecule has 0 bridgehead atoms. The summed E-state index contributed by atoms with van der Waals surface area (Å²) in [5.74, 6) is -0.493. The van der Waals surface area contributed by atoms with Crippen molar-refractivity contribution < 1.29 is 19.8 Å². The molecule has 0 spiro atoms. The van der Waals surface area contributed by atoms with E-state index < -0.39 is 18.1 Å². The van der Waals surface area contributed by atoms with Gasteiger partial charge in [0.05, 0.1) is 12.6 Å². The molecule has 3 unspecified atom stereocenters. The van der Waals surface area contributed by atoms with Crippen molar-refractivity contribution in [3.05, 3.63) is 0 Å². The molecule has 1 saturated heterocycles. The number of carbonyl (C=O) groups excluding carboxylic acids is 1. The molecule has 0 radical (unpaired) electrons. The van der Waals surface area contributed by atoms with Crippen LogP contribution >= 0.6 is 0 Å². The van der Waals surface area contributed by atoms with Gasteiger partial charge in [0.15, 0.2) is 0 Å². The van der Waals surface area contributed by atoms with Crippen molar-refractivity contribution in [3.8, 4) is 0 Å². The SMILES string of the molecule is CC(C)CCCC(C)NC(=O)CN1CC(O)CC1C(=O)O. The van der Waals surface area contributed by atoms with Crippen LogP contribution in [0.4, 0.5) is 0 Å². The second-order valence-corrected chi connectivity index (χ2v) is 6.47. The van der Waals surface area contributed by atoms with Gasteiger partial charge >= 0.3 is 5.97 Å². The Bertz CT molecular complexity index is 360. The molecule has 6 nitrogen and oxygen atoms in total. The summed E-state index contributed by atoms with van der Waals surface area (Å²) in [5.41, 5.74) is 0. The van der Waals surface area contributed by atoms with Crippen LogP contribution in [0, 0.1) is 5.92 Å². The molecule has 0 aromatic heterocycles. The number of aliphatic hydroxyl groups excluding tert-OH is 1. The highest BCUT2D eigenvalue weighted by atomic mass is 16.4. The molecule has 6 heteroatoms. The van der Waals surface area contributed by atoms with E-state index in [0.717, 1.165) is 19.3 Å². The largest absolute Gasteiger partial charge is 0.480 e. The number of carboxylic acid groups (broad SMARTS) is 1. The Morgan fingerprint density at radius 2 is 1.95 bits per heavy atom. The standard InChI is InChI=1S/C15H28N2O4/c1-10(2)5-4-6-11(3)16-14(19)9-17-8-12(18)7-13(17)15(20)21/h10-13,18H,4-9H2,1-3H3,(H,16,19)(H,20,21). The zero-order valence-electron chi connectivity index (χ0n) is 13.2. The third-order valence-corrected chi connectivity index (χ3v) is 3.84. The van der Waals surface area contributed by atoms with E-state index in [4.69, 9.17) is 5.11 Å². The molecule has 1 aliphatic rings. The van der Waals surface area contributed by atoms with Crippen molar-refractivity contribution in [2.45, 2.75) is 64.6 Å². The van der Waals surface area contributed by atoms with Gasteiger partial charge in [-0.15, -0.1) is 0 Å². The van der Waals surface area contributed by atoms with Crippen molar-refractivity contribution >= 4 is 11.9 Å². The van der Waals surface area contributed by atoms with E-state index in [0.29, 0.717) is 5.92 Å². The molecule has 122 valence electrons. The summed E-state index contributed by atoms with van der Waals surface area (Å²) >= 11 is 0. The molecule has 1 rings (SSSR count). The lowest BCUT2D eigenvalue weighted by molar-refractivity contribution is -0.142. The Morgan fingerprint density at radius 1 is 1.29 bits per heavy atom. The van der Waals surface area contributed by atoms with E-state index in [-0.39, 0.29) is 31.5 Å². The maximum Gasteiger partial charge on any atom is 0.321 e. The normalized spacial score (nSPS) is 24.2. The summed E-state index contributed by atoms with van der Waals surface area (Å²) in [6, 6.07) is -0.672. The van der Waals surface area contributed by atoms with Gasteiger partial charge in [-0.05, 0) is 19.3 Å². The van der Waals surface area contributed by atoms with Crippen LogP contribution in [-0.2, 0) is 9.59 Å². The number of carboxylic acids is 1. The molecule has 1 fully saturated rings. The van der Waals surface area contributed by atoms with Gasteiger partial charge in [0.2, 0.25) is 5.91 Å². The minimum absolute atomic E-state index is 0.0303. The number of aliphatic carboxylic acids is 1. The predicted octanol–water partition coefficient (Wildman–Crippen LogP) is 0.837. The topological polar surface area (TPSA) is 89.9 Å². The van der Waals surface area contributed by atoms with E-state index in [1.807, 2.05) is 6.92 Å². The number of amides is 1. The number of aliphatic hydroxyl groups is 1. The highest BCUT2D eigenvalue weighted by Crippen LogP contribution is 2.17. The van der Waals surface area contributed by atoms with Crippen LogP contribution in [0.1, 0.15) is 46.5 Å². The zero-order chi connectivity index (χ0) is 16.0. The van der Waals surface area contributed by atoms with Gasteiger partial charge in [-0.2, -0.15) is 0 Å². The molecule has 1 heterocycles. The van der Waals surface area contributed by atoms with E-state index in [2.05, 4.69) is 19.2 Å². The number of β-amino-alcohol motifs (C(OH)–C–C–N with tert-alkyl or cyclic N) is 1. The van der Waals surface area contributed by atoms with Gasteiger partial charge in [0.1, 0.15) is 6.04 Å². The highest BCUT2D eigenvalue weighted by molar-refractivity contribution is 5.80. The summed E-state index contributed by atoms with van der Waals surface area (Å²) in [4.78, 5) is 24.6. The molecule has 21 heavy (non-hydrogen) atoms. The average molecular weight is 300 g/mol. The fraction of sp³-hybridized carbons (Fsp3) is 0.867. The van der Waals surface area contributed by atoms with Crippen LogP contribution in [0.3, 0.4) is 0 Å². The van der Waals surface area contributed by atoms with Gasteiger partial charge in [0, 0.05) is 19.0 Å². The number of carbonyl (C=O) groups is 2. The van der Waals surface area contributed by atoms with Crippen LogP contribution in [0.15, 0.2) is 0 Å². The molecule has 1 amide bonds. The number of hydrogen-bond donors (Lipinski definition) is 3. The maximum atomic E-state index is 12.0. The van der Waals surface area contributed by atoms with Crippen molar-refractivity contribution in [2.75, 3.05) is 13.1 Å². The fourth-order valence-corrected chi connectivity index (χ4v) is 2.72. The van der Waals surface area contributed by atoms with Gasteiger partial charge in [-0.25, -0.2) is 0 Å². The van der Waals surface area contributed by atoms with E-state index in [1.165, 1.54) is 4.90 Å². The Morgan fingerprint density at radius 3 is 2.52 bits per heavy atom. The van der Waals surface area contributed by atoms with Crippen molar-refractivity contribution in [1.29, 1.82) is 0 Å². The lowest BCUT2D eigenvalue weighted by atomic mass is 10.0. The summed E-state index contributed by atoms with van der Waals surface area (Å²) < 4.78 is 0. The molecule has 0 saturated carbocycles. The van der Waals surface area contributed by atoms with Crippen LogP contribution in [0.2, 0.25) is 0 Å². The van der Waals surface area contributed by atoms with Gasteiger partial charge in [-0.3, -0.25) is 14.5 Å². The Balaban J connectivity index is 2.34. The lowest BCUT2D eigenvalue weighted by Gasteiger charge is -2.21. The van der Waals surface area contributed by atoms with Gasteiger partial charge in [0.25, 0.3) is 0 Å². The molecule has 1 aliphatic heterocycles. The summed E-state index contributed by atoms with van der Waals surface area (Å²) in [7, 11) is 0. The quantitative estimate of drug-likeness (QED) is 0.618. The third-order valence-electron chi connectivity index (χ3n) is 3.84. The van der Waals surface area contributed by atoms with E-state index in [9.17, 15) is 14.7 Å². The monoisotopic (exact) mass is 300 g/mol. The first-order valence-corrected chi connectivity index (χ1v) is 7.73. The van der Waals surface area contributed by atoms with Crippen LogP contribution < -0.4 is 5.32 Å². The maximum absolute atomic E-state index is 12.0. The number of nitrogens with one attached hydrogen (secondary N) is 1. The van der Waals surface area contributed by atoms with Crippen molar-refractivity contribution in [3.63, 3.8) is 0 Å². The van der Waals surface area contributed by atoms with Crippen LogP contribution in [0.25, 0.3) is 0 Å². The first-order valence-electron chi connectivity index (χ1n) is 7.73. The average Bonchev–Trinajstić information content (AvgIpc) is 2.69. The predicted molar refractivity (Wildman–Crippen MR) is 79.9 cm³/mol. The molecular formula is C15H28N2O4. The highest BCUT2D eigenvalue weighted by Gasteiger charge is 2.36. The number of nitrogens with zero attached hydrogens (tertiary/aromatic N) is 1. The number of likely N-dealkylation sites (tertiary alicyclic amines) is 1. The Labute approximate surface area is 126 Å². The lowest BCUT2D eigenvalue weighted by Crippen LogP contribution is -2.45. The first-order chi connectivity index (χ1) is 9.79. The molecule has 0 aliphatic carbocycles. The second kappa shape index (κ2) is 8.34. The Kier molecular flexibility index (Phi) is 7.11. The zero-order valence-corrected chi connectivity index (χ0v) is 13.2. The summed E-state index contributed by atoms with van der Waals surface area (Å²) in [5, 5.41) is 21.5. The molecule has 0 aromatic rings. The molecular weight excluding hydrogens is 272 g/mol. The number of hydrogen-bond acceptors (Lipinski definition) is 4. The first kappa shape index (κ1) is 17.9. The number of rotatable bonds is 8. The summed E-state index contributed by atoms with van der Waals surface area (Å²) in [6.45, 7) is 6.59. The van der Waals surface area contributed by atoms with E-state index >= 15 is 0 Å². The second-order valence-electron chi connectivity index (χ2n) is 6.47. The fourth-order valence-electron chi connectivity index (χ4n) is 2.72.